The second-order valence-corrected chi connectivity index (χ2v) is 6.42. The molecule has 1 aliphatic carbocycles. The van der Waals surface area contributed by atoms with E-state index >= 15 is 0 Å². The van der Waals surface area contributed by atoms with Gasteiger partial charge in [0, 0.05) is 30.0 Å². The molecular weight excluding hydrogens is 302 g/mol. The molecule has 0 saturated heterocycles. The Bertz CT molecular complexity index is 683. The van der Waals surface area contributed by atoms with Crippen molar-refractivity contribution in [1.82, 2.24) is 9.97 Å². The summed E-state index contributed by atoms with van der Waals surface area (Å²) in [5.41, 5.74) is 9.23. The van der Waals surface area contributed by atoms with E-state index in [1.807, 2.05) is 18.2 Å². The van der Waals surface area contributed by atoms with Crippen LogP contribution in [0.5, 0.6) is 0 Å². The van der Waals surface area contributed by atoms with E-state index in [1.165, 1.54) is 5.56 Å². The second kappa shape index (κ2) is 7.49. The minimum atomic E-state index is -0.163. The lowest BCUT2D eigenvalue weighted by Crippen LogP contribution is -2.29. The Kier molecular flexibility index (Phi) is 5.15. The minimum Gasteiger partial charge on any atom is -0.393 e. The largest absolute Gasteiger partial charge is 0.393 e. The summed E-state index contributed by atoms with van der Waals surface area (Å²) in [5.74, 6) is 1.05. The van der Waals surface area contributed by atoms with Gasteiger partial charge in [0.05, 0.1) is 6.10 Å². The highest BCUT2D eigenvalue weighted by atomic mass is 16.3. The van der Waals surface area contributed by atoms with Gasteiger partial charge in [-0.15, -0.1) is 0 Å². The van der Waals surface area contributed by atoms with Gasteiger partial charge in [0.25, 0.3) is 0 Å². The van der Waals surface area contributed by atoms with E-state index in [9.17, 15) is 5.11 Å². The molecule has 1 saturated carbocycles. The van der Waals surface area contributed by atoms with E-state index < -0.39 is 0 Å². The van der Waals surface area contributed by atoms with Gasteiger partial charge in [-0.3, -0.25) is 0 Å². The average Bonchev–Trinajstić information content (AvgIpc) is 2.58. The number of rotatable bonds is 5. The molecule has 0 amide bonds. The van der Waals surface area contributed by atoms with Gasteiger partial charge in [0.1, 0.15) is 5.82 Å². The van der Waals surface area contributed by atoms with Crippen LogP contribution in [0.25, 0.3) is 0 Å². The van der Waals surface area contributed by atoms with E-state index in [-0.39, 0.29) is 6.10 Å². The molecule has 1 aliphatic rings. The minimum absolute atomic E-state index is 0.163. The summed E-state index contributed by atoms with van der Waals surface area (Å²) in [4.78, 5) is 8.76. The molecule has 1 fully saturated rings. The number of aromatic nitrogens is 2. The summed E-state index contributed by atoms with van der Waals surface area (Å²) in [6, 6.07) is 8.44. The molecule has 0 atom stereocenters. The van der Waals surface area contributed by atoms with Crippen LogP contribution in [0, 0.1) is 6.92 Å². The second-order valence-electron chi connectivity index (χ2n) is 6.42. The number of aliphatic hydroxyl groups is 1. The average molecular weight is 327 g/mol. The first-order valence-electron chi connectivity index (χ1n) is 8.47. The molecule has 3 rings (SSSR count). The van der Waals surface area contributed by atoms with Crippen molar-refractivity contribution in [2.75, 3.05) is 16.4 Å². The molecule has 0 unspecified atom stereocenters. The molecule has 6 nitrogen and oxygen atoms in total. The summed E-state index contributed by atoms with van der Waals surface area (Å²) in [6.45, 7) is 2.66. The van der Waals surface area contributed by atoms with Crippen molar-refractivity contribution in [1.29, 1.82) is 0 Å². The lowest BCUT2D eigenvalue weighted by Gasteiger charge is -2.26. The van der Waals surface area contributed by atoms with Crippen LogP contribution in [0.2, 0.25) is 0 Å². The molecule has 1 heterocycles. The van der Waals surface area contributed by atoms with Crippen LogP contribution in [-0.4, -0.2) is 27.2 Å². The third-order valence-corrected chi connectivity index (χ3v) is 4.54. The van der Waals surface area contributed by atoms with Gasteiger partial charge < -0.3 is 21.5 Å². The molecule has 6 heteroatoms. The summed E-state index contributed by atoms with van der Waals surface area (Å²) in [7, 11) is 0. The zero-order valence-electron chi connectivity index (χ0n) is 14.0. The molecular formula is C18H25N5O. The molecule has 2 aromatic rings. The van der Waals surface area contributed by atoms with Crippen LogP contribution in [0.15, 0.2) is 30.5 Å². The lowest BCUT2D eigenvalue weighted by atomic mass is 9.93. The summed E-state index contributed by atoms with van der Waals surface area (Å²) >= 11 is 0. The molecule has 5 N–H and O–H groups in total. The number of nitrogens with zero attached hydrogens (tertiary/aromatic N) is 2. The molecule has 128 valence electrons. The highest BCUT2D eigenvalue weighted by molar-refractivity contribution is 5.52. The van der Waals surface area contributed by atoms with E-state index in [4.69, 9.17) is 5.73 Å². The molecule has 0 radical (unpaired) electrons. The normalized spacial score (nSPS) is 20.6. The van der Waals surface area contributed by atoms with E-state index in [0.717, 1.165) is 36.9 Å². The lowest BCUT2D eigenvalue weighted by molar-refractivity contribution is 0.126. The van der Waals surface area contributed by atoms with Gasteiger partial charge in [0.15, 0.2) is 0 Å². The van der Waals surface area contributed by atoms with Gasteiger partial charge in [-0.05, 0) is 44.2 Å². The van der Waals surface area contributed by atoms with Crippen molar-refractivity contribution in [2.24, 2.45) is 0 Å². The number of hydrogen-bond acceptors (Lipinski definition) is 6. The quantitative estimate of drug-likeness (QED) is 0.674. The molecule has 24 heavy (non-hydrogen) atoms. The first-order chi connectivity index (χ1) is 11.6. The Morgan fingerprint density at radius 1 is 1.21 bits per heavy atom. The van der Waals surface area contributed by atoms with Crippen LogP contribution in [0.1, 0.15) is 36.8 Å². The Morgan fingerprint density at radius 2 is 1.96 bits per heavy atom. The number of aryl methyl sites for hydroxylation is 1. The smallest absolute Gasteiger partial charge is 0.224 e. The van der Waals surface area contributed by atoms with Gasteiger partial charge in [-0.1, -0.05) is 18.2 Å². The highest BCUT2D eigenvalue weighted by Crippen LogP contribution is 2.22. The van der Waals surface area contributed by atoms with Crippen LogP contribution < -0.4 is 16.4 Å². The molecule has 1 aromatic carbocycles. The number of nitrogens with two attached hydrogens (primary N) is 1. The fourth-order valence-electron chi connectivity index (χ4n) is 2.99. The predicted molar refractivity (Wildman–Crippen MR) is 96.8 cm³/mol. The van der Waals surface area contributed by atoms with Crippen LogP contribution in [0.4, 0.5) is 17.5 Å². The molecule has 0 aliphatic heterocycles. The van der Waals surface area contributed by atoms with E-state index in [0.29, 0.717) is 24.4 Å². The Balaban J connectivity index is 1.59. The molecule has 1 aromatic heterocycles. The monoisotopic (exact) mass is 327 g/mol. The number of nitrogens with one attached hydrogen (secondary N) is 2. The van der Waals surface area contributed by atoms with Crippen molar-refractivity contribution in [2.45, 2.75) is 51.3 Å². The number of hydrogen-bond donors (Lipinski definition) is 4. The fraction of sp³-hybridized carbons (Fsp3) is 0.444. The maximum Gasteiger partial charge on any atom is 0.224 e. The van der Waals surface area contributed by atoms with Crippen molar-refractivity contribution in [3.63, 3.8) is 0 Å². The summed E-state index contributed by atoms with van der Waals surface area (Å²) in [5, 5.41) is 16.2. The molecule has 0 spiro atoms. The van der Waals surface area contributed by atoms with Crippen molar-refractivity contribution >= 4 is 17.5 Å². The fourth-order valence-corrected chi connectivity index (χ4v) is 2.99. The number of anilines is 3. The van der Waals surface area contributed by atoms with Gasteiger partial charge in [-0.25, -0.2) is 4.98 Å². The van der Waals surface area contributed by atoms with Gasteiger partial charge >= 0.3 is 0 Å². The zero-order valence-corrected chi connectivity index (χ0v) is 14.0. The van der Waals surface area contributed by atoms with Crippen molar-refractivity contribution < 1.29 is 5.11 Å². The van der Waals surface area contributed by atoms with Crippen LogP contribution in [0.3, 0.4) is 0 Å². The first kappa shape index (κ1) is 16.5. The summed E-state index contributed by atoms with van der Waals surface area (Å²) < 4.78 is 0. The van der Waals surface area contributed by atoms with Crippen LogP contribution in [-0.2, 0) is 6.54 Å². The number of aliphatic hydroxyl groups excluding tert-OH is 1. The maximum absolute atomic E-state index is 9.56. The van der Waals surface area contributed by atoms with Gasteiger partial charge in [0.2, 0.25) is 5.95 Å². The number of para-hydroxylation sites is 1. The summed E-state index contributed by atoms with van der Waals surface area (Å²) in [6.07, 6.45) is 5.12. The third kappa shape index (κ3) is 4.14. The number of benzene rings is 1. The van der Waals surface area contributed by atoms with Crippen LogP contribution >= 0.6 is 0 Å². The Hall–Kier alpha value is -2.34. The SMILES string of the molecule is Cc1ccccc1NCc1cnc(N[C@H]2CC[C@H](O)CC2)nc1N. The Morgan fingerprint density at radius 3 is 2.67 bits per heavy atom. The van der Waals surface area contributed by atoms with Gasteiger partial charge in [-0.2, -0.15) is 4.98 Å². The predicted octanol–water partition coefficient (Wildman–Crippen LogP) is 2.69. The Labute approximate surface area is 142 Å². The number of nitrogen functional groups attached to an aromatic ring is 1. The van der Waals surface area contributed by atoms with Crippen molar-refractivity contribution in [3.05, 3.63) is 41.6 Å². The topological polar surface area (TPSA) is 96.1 Å². The first-order valence-corrected chi connectivity index (χ1v) is 8.47. The molecule has 0 bridgehead atoms. The highest BCUT2D eigenvalue weighted by Gasteiger charge is 2.20. The zero-order chi connectivity index (χ0) is 16.9. The van der Waals surface area contributed by atoms with E-state index in [2.05, 4.69) is 33.6 Å². The third-order valence-electron chi connectivity index (χ3n) is 4.54. The standard InChI is InChI=1S/C18H25N5O/c1-12-4-2-3-5-16(12)20-10-13-11-21-18(23-17(13)19)22-14-6-8-15(24)9-7-14/h2-5,11,14-15,20,24H,6-10H2,1H3,(H3,19,21,22,23)/t14-,15-. The maximum atomic E-state index is 9.56. The van der Waals surface area contributed by atoms with Crippen molar-refractivity contribution in [3.8, 4) is 0 Å². The van der Waals surface area contributed by atoms with E-state index in [1.54, 1.807) is 6.20 Å².